The molecule has 3 rings (SSSR count). The SMILES string of the molecule is CC(C)=C1[C@H]2C=C[C@@H]1[C@@H](C(=O)Nc1cccc(C)c1)[C@H]2C(=O)O. The van der Waals surface area contributed by atoms with Crippen molar-refractivity contribution in [1.29, 1.82) is 0 Å². The number of aryl methyl sites for hydroxylation is 1. The number of carboxylic acid groups (broad SMARTS) is 1. The minimum Gasteiger partial charge on any atom is -0.481 e. The Kier molecular flexibility index (Phi) is 3.84. The summed E-state index contributed by atoms with van der Waals surface area (Å²) in [5.41, 5.74) is 3.98. The van der Waals surface area contributed by atoms with Crippen LogP contribution in [-0.2, 0) is 9.59 Å². The molecule has 2 bridgehead atoms. The van der Waals surface area contributed by atoms with Crippen LogP contribution in [0, 0.1) is 30.6 Å². The highest BCUT2D eigenvalue weighted by Gasteiger charge is 2.54. The van der Waals surface area contributed by atoms with Crippen molar-refractivity contribution in [3.8, 4) is 0 Å². The monoisotopic (exact) mass is 311 g/mol. The Labute approximate surface area is 135 Å². The molecule has 1 saturated carbocycles. The van der Waals surface area contributed by atoms with Crippen LogP contribution in [0.2, 0.25) is 0 Å². The first-order valence-electron chi connectivity index (χ1n) is 7.86. The zero-order chi connectivity index (χ0) is 16.7. The standard InChI is InChI=1S/C19H21NO3/c1-10(2)15-13-7-8-14(15)17(19(22)23)16(13)18(21)20-12-6-4-5-11(3)9-12/h4-9,13-14,16-17H,1-3H3,(H,20,21)(H,22,23)/t13-,14+,16+,17-/m0/s1. The fourth-order valence-electron chi connectivity index (χ4n) is 3.99. The minimum atomic E-state index is -0.898. The number of anilines is 1. The second kappa shape index (κ2) is 5.69. The maximum absolute atomic E-state index is 12.8. The summed E-state index contributed by atoms with van der Waals surface area (Å²) in [5.74, 6) is -2.59. The summed E-state index contributed by atoms with van der Waals surface area (Å²) in [5, 5.41) is 12.5. The molecule has 2 aliphatic carbocycles. The van der Waals surface area contributed by atoms with E-state index in [0.29, 0.717) is 5.69 Å². The van der Waals surface area contributed by atoms with Gasteiger partial charge in [-0.25, -0.2) is 0 Å². The van der Waals surface area contributed by atoms with E-state index in [9.17, 15) is 14.7 Å². The normalized spacial score (nSPS) is 28.0. The molecule has 23 heavy (non-hydrogen) atoms. The van der Waals surface area contributed by atoms with Crippen LogP contribution in [0.25, 0.3) is 0 Å². The Balaban J connectivity index is 1.91. The van der Waals surface area contributed by atoms with Gasteiger partial charge in [-0.3, -0.25) is 9.59 Å². The first kappa shape index (κ1) is 15.5. The maximum Gasteiger partial charge on any atom is 0.308 e. The molecule has 120 valence electrons. The lowest BCUT2D eigenvalue weighted by molar-refractivity contribution is -0.146. The van der Waals surface area contributed by atoms with Crippen molar-refractivity contribution in [2.75, 3.05) is 5.32 Å². The Bertz CT molecular complexity index is 728. The number of allylic oxidation sites excluding steroid dienone is 4. The molecule has 1 fully saturated rings. The molecule has 0 spiro atoms. The molecule has 0 aromatic heterocycles. The van der Waals surface area contributed by atoms with E-state index >= 15 is 0 Å². The third-order valence-electron chi connectivity index (χ3n) is 4.86. The van der Waals surface area contributed by atoms with E-state index in [0.717, 1.165) is 16.7 Å². The van der Waals surface area contributed by atoms with Gasteiger partial charge >= 0.3 is 5.97 Å². The molecule has 0 aliphatic heterocycles. The number of aliphatic carboxylic acids is 1. The van der Waals surface area contributed by atoms with Crippen molar-refractivity contribution in [1.82, 2.24) is 0 Å². The molecule has 1 aromatic rings. The van der Waals surface area contributed by atoms with Crippen molar-refractivity contribution >= 4 is 17.6 Å². The van der Waals surface area contributed by atoms with Gasteiger partial charge in [0.25, 0.3) is 0 Å². The number of rotatable bonds is 3. The number of carbonyl (C=O) groups is 2. The molecule has 2 N–H and O–H groups in total. The van der Waals surface area contributed by atoms with Crippen LogP contribution in [0.3, 0.4) is 0 Å². The average Bonchev–Trinajstić information content (AvgIpc) is 3.02. The van der Waals surface area contributed by atoms with Gasteiger partial charge in [0.15, 0.2) is 0 Å². The highest BCUT2D eigenvalue weighted by Crippen LogP contribution is 2.53. The smallest absolute Gasteiger partial charge is 0.308 e. The van der Waals surface area contributed by atoms with Gasteiger partial charge in [-0.15, -0.1) is 0 Å². The summed E-state index contributed by atoms with van der Waals surface area (Å²) in [4.78, 5) is 24.5. The molecule has 0 saturated heterocycles. The summed E-state index contributed by atoms with van der Waals surface area (Å²) in [6.45, 7) is 5.93. The summed E-state index contributed by atoms with van der Waals surface area (Å²) in [6.07, 6.45) is 3.94. The van der Waals surface area contributed by atoms with E-state index in [1.165, 1.54) is 0 Å². The highest BCUT2D eigenvalue weighted by molar-refractivity contribution is 5.97. The molecule has 2 aliphatic rings. The zero-order valence-corrected chi connectivity index (χ0v) is 13.5. The van der Waals surface area contributed by atoms with E-state index in [2.05, 4.69) is 5.32 Å². The Morgan fingerprint density at radius 1 is 1.09 bits per heavy atom. The van der Waals surface area contributed by atoms with E-state index in [1.807, 2.05) is 57.2 Å². The lowest BCUT2D eigenvalue weighted by atomic mass is 9.82. The molecular formula is C19H21NO3. The predicted molar refractivity (Wildman–Crippen MR) is 88.9 cm³/mol. The average molecular weight is 311 g/mol. The number of nitrogens with one attached hydrogen (secondary N) is 1. The van der Waals surface area contributed by atoms with Crippen molar-refractivity contribution in [2.45, 2.75) is 20.8 Å². The first-order valence-corrected chi connectivity index (χ1v) is 7.86. The topological polar surface area (TPSA) is 66.4 Å². The van der Waals surface area contributed by atoms with Crippen LogP contribution >= 0.6 is 0 Å². The Morgan fingerprint density at radius 2 is 1.74 bits per heavy atom. The maximum atomic E-state index is 12.8. The molecule has 1 aromatic carbocycles. The Morgan fingerprint density at radius 3 is 2.30 bits per heavy atom. The number of amides is 1. The lowest BCUT2D eigenvalue weighted by Crippen LogP contribution is -2.36. The molecule has 1 amide bonds. The molecule has 0 heterocycles. The molecule has 0 unspecified atom stereocenters. The van der Waals surface area contributed by atoms with Crippen LogP contribution in [0.1, 0.15) is 19.4 Å². The summed E-state index contributed by atoms with van der Waals surface area (Å²) >= 11 is 0. The molecule has 4 heteroatoms. The van der Waals surface area contributed by atoms with Crippen LogP contribution in [0.5, 0.6) is 0 Å². The van der Waals surface area contributed by atoms with Crippen LogP contribution in [0.15, 0.2) is 47.6 Å². The second-order valence-electron chi connectivity index (χ2n) is 6.64. The number of benzene rings is 1. The molecule has 4 nitrogen and oxygen atoms in total. The second-order valence-corrected chi connectivity index (χ2v) is 6.64. The molecule has 4 atom stereocenters. The first-order chi connectivity index (χ1) is 10.9. The van der Waals surface area contributed by atoms with Gasteiger partial charge < -0.3 is 10.4 Å². The minimum absolute atomic E-state index is 0.101. The van der Waals surface area contributed by atoms with Gasteiger partial charge in [0.05, 0.1) is 11.8 Å². The van der Waals surface area contributed by atoms with Crippen molar-refractivity contribution in [3.63, 3.8) is 0 Å². The zero-order valence-electron chi connectivity index (χ0n) is 13.5. The van der Waals surface area contributed by atoms with E-state index < -0.39 is 17.8 Å². The summed E-state index contributed by atoms with van der Waals surface area (Å²) in [6, 6.07) is 7.54. The van der Waals surface area contributed by atoms with Gasteiger partial charge in [-0.05, 0) is 38.5 Å². The van der Waals surface area contributed by atoms with E-state index in [-0.39, 0.29) is 17.7 Å². The largest absolute Gasteiger partial charge is 0.481 e. The van der Waals surface area contributed by atoms with Crippen LogP contribution < -0.4 is 5.32 Å². The summed E-state index contributed by atoms with van der Waals surface area (Å²) < 4.78 is 0. The van der Waals surface area contributed by atoms with Gasteiger partial charge in [-0.1, -0.05) is 35.4 Å². The number of carbonyl (C=O) groups excluding carboxylic acids is 1. The number of hydrogen-bond donors (Lipinski definition) is 2. The third-order valence-corrected chi connectivity index (χ3v) is 4.86. The van der Waals surface area contributed by atoms with Gasteiger partial charge in [0.2, 0.25) is 5.91 Å². The van der Waals surface area contributed by atoms with Crippen LogP contribution in [-0.4, -0.2) is 17.0 Å². The highest BCUT2D eigenvalue weighted by atomic mass is 16.4. The molecular weight excluding hydrogens is 290 g/mol. The summed E-state index contributed by atoms with van der Waals surface area (Å²) in [7, 11) is 0. The third kappa shape index (κ3) is 2.58. The van der Waals surface area contributed by atoms with Gasteiger partial charge in [-0.2, -0.15) is 0 Å². The fourth-order valence-corrected chi connectivity index (χ4v) is 3.99. The number of hydrogen-bond acceptors (Lipinski definition) is 2. The lowest BCUT2D eigenvalue weighted by Gasteiger charge is -2.23. The fraction of sp³-hybridized carbons (Fsp3) is 0.368. The van der Waals surface area contributed by atoms with Gasteiger partial charge in [0.1, 0.15) is 0 Å². The van der Waals surface area contributed by atoms with Gasteiger partial charge in [0, 0.05) is 17.5 Å². The van der Waals surface area contributed by atoms with Crippen molar-refractivity contribution in [3.05, 3.63) is 53.1 Å². The van der Waals surface area contributed by atoms with Crippen LogP contribution in [0.4, 0.5) is 5.69 Å². The van der Waals surface area contributed by atoms with Crippen molar-refractivity contribution in [2.24, 2.45) is 23.7 Å². The van der Waals surface area contributed by atoms with E-state index in [4.69, 9.17) is 0 Å². The quantitative estimate of drug-likeness (QED) is 0.841. The Hall–Kier alpha value is -2.36. The molecule has 0 radical (unpaired) electrons. The number of fused-ring (bicyclic) bond motifs is 2. The van der Waals surface area contributed by atoms with E-state index in [1.54, 1.807) is 0 Å². The van der Waals surface area contributed by atoms with Crippen molar-refractivity contribution < 1.29 is 14.7 Å². The number of carboxylic acids is 1. The predicted octanol–water partition coefficient (Wildman–Crippen LogP) is 3.40.